The Morgan fingerprint density at radius 1 is 1.00 bits per heavy atom. The summed E-state index contributed by atoms with van der Waals surface area (Å²) in [4.78, 5) is 25.9. The number of carbonyl (C=O) groups excluding carboxylic acids is 2. The van der Waals surface area contributed by atoms with Crippen LogP contribution in [0.1, 0.15) is 31.4 Å². The molecule has 0 aliphatic heterocycles. The summed E-state index contributed by atoms with van der Waals surface area (Å²) >= 11 is 12.1. The highest BCUT2D eigenvalue weighted by molar-refractivity contribution is 6.35. The molecule has 0 saturated carbocycles. The Morgan fingerprint density at radius 2 is 1.73 bits per heavy atom. The Morgan fingerprint density at radius 3 is 2.41 bits per heavy atom. The van der Waals surface area contributed by atoms with E-state index in [1.54, 1.807) is 19.1 Å². The van der Waals surface area contributed by atoms with Crippen molar-refractivity contribution in [3.63, 3.8) is 0 Å². The molecule has 0 unspecified atom stereocenters. The Hall–Kier alpha value is -3.55. The Bertz CT molecular complexity index is 1200. The van der Waals surface area contributed by atoms with Gasteiger partial charge in [-0.05, 0) is 66.9 Å². The van der Waals surface area contributed by atoms with Crippen LogP contribution in [0.25, 0.3) is 0 Å². The van der Waals surface area contributed by atoms with Gasteiger partial charge in [0.2, 0.25) is 0 Å². The topological polar surface area (TPSA) is 89.0 Å². The molecule has 0 saturated heterocycles. The van der Waals surface area contributed by atoms with Gasteiger partial charge in [0.05, 0.1) is 17.8 Å². The van der Waals surface area contributed by atoms with Crippen LogP contribution in [0.2, 0.25) is 10.0 Å². The summed E-state index contributed by atoms with van der Waals surface area (Å²) in [5.41, 5.74) is 4.18. The number of hydrogen-bond acceptors (Lipinski definition) is 5. The number of ether oxygens (including phenoxy) is 2. The van der Waals surface area contributed by atoms with Crippen LogP contribution in [0.3, 0.4) is 0 Å². The summed E-state index contributed by atoms with van der Waals surface area (Å²) in [6.45, 7) is 4.26. The SMILES string of the molecule is CCCOc1ccc(/C=N\NC(=O)[C@H](Cc2ccccc2)NC(=O)[C@@H](C)Oc2ccc(Cl)cc2Cl)cc1. The molecule has 0 aliphatic rings. The second-order valence-electron chi connectivity index (χ2n) is 8.24. The molecule has 0 heterocycles. The number of halogens is 2. The lowest BCUT2D eigenvalue weighted by atomic mass is 10.1. The van der Waals surface area contributed by atoms with Crippen molar-refractivity contribution in [2.75, 3.05) is 6.61 Å². The maximum Gasteiger partial charge on any atom is 0.262 e. The van der Waals surface area contributed by atoms with Crippen molar-refractivity contribution < 1.29 is 19.1 Å². The quantitative estimate of drug-likeness (QED) is 0.236. The lowest BCUT2D eigenvalue weighted by molar-refractivity contribution is -0.132. The van der Waals surface area contributed by atoms with Gasteiger partial charge in [-0.2, -0.15) is 5.10 Å². The maximum absolute atomic E-state index is 13.0. The van der Waals surface area contributed by atoms with Gasteiger partial charge in [-0.25, -0.2) is 5.43 Å². The zero-order chi connectivity index (χ0) is 26.6. The van der Waals surface area contributed by atoms with E-state index in [4.69, 9.17) is 32.7 Å². The number of hydrogen-bond donors (Lipinski definition) is 2. The Kier molecular flexibility index (Phi) is 10.8. The van der Waals surface area contributed by atoms with E-state index in [1.165, 1.54) is 12.3 Å². The first kappa shape index (κ1) is 28.0. The van der Waals surface area contributed by atoms with E-state index in [0.29, 0.717) is 17.4 Å². The number of benzene rings is 3. The molecule has 3 aromatic rings. The van der Waals surface area contributed by atoms with Crippen molar-refractivity contribution in [2.45, 2.75) is 38.8 Å². The second-order valence-corrected chi connectivity index (χ2v) is 9.08. The summed E-state index contributed by atoms with van der Waals surface area (Å²) in [6.07, 6.45) is 1.81. The van der Waals surface area contributed by atoms with E-state index in [2.05, 4.69) is 15.8 Å². The molecule has 9 heteroatoms. The van der Waals surface area contributed by atoms with Crippen LogP contribution in [-0.2, 0) is 16.0 Å². The highest BCUT2D eigenvalue weighted by Crippen LogP contribution is 2.28. The summed E-state index contributed by atoms with van der Waals surface area (Å²) in [5.74, 6) is 0.139. The summed E-state index contributed by atoms with van der Waals surface area (Å²) < 4.78 is 11.3. The zero-order valence-electron chi connectivity index (χ0n) is 20.6. The molecule has 0 spiro atoms. The maximum atomic E-state index is 13.0. The van der Waals surface area contributed by atoms with Crippen molar-refractivity contribution in [2.24, 2.45) is 5.10 Å². The number of rotatable bonds is 12. The van der Waals surface area contributed by atoms with E-state index < -0.39 is 24.0 Å². The van der Waals surface area contributed by atoms with Gasteiger partial charge in [-0.1, -0.05) is 60.5 Å². The van der Waals surface area contributed by atoms with Crippen molar-refractivity contribution in [1.29, 1.82) is 0 Å². The number of carbonyl (C=O) groups is 2. The largest absolute Gasteiger partial charge is 0.494 e. The van der Waals surface area contributed by atoms with E-state index in [9.17, 15) is 9.59 Å². The summed E-state index contributed by atoms with van der Waals surface area (Å²) in [5, 5.41) is 7.55. The molecule has 3 aromatic carbocycles. The number of nitrogens with zero attached hydrogens (tertiary/aromatic N) is 1. The molecule has 0 bridgehead atoms. The number of amides is 2. The molecule has 194 valence electrons. The molecule has 2 amide bonds. The van der Waals surface area contributed by atoms with Crippen molar-refractivity contribution in [1.82, 2.24) is 10.7 Å². The van der Waals surface area contributed by atoms with Crippen LogP contribution in [0, 0.1) is 0 Å². The first-order valence-corrected chi connectivity index (χ1v) is 12.6. The molecule has 7 nitrogen and oxygen atoms in total. The molecule has 2 N–H and O–H groups in total. The predicted molar refractivity (Wildman–Crippen MR) is 147 cm³/mol. The molecule has 0 fully saturated rings. The standard InChI is InChI=1S/C28H29Cl2N3O4/c1-3-15-36-23-12-9-21(10-13-23)18-31-33-28(35)25(16-20-7-5-4-6-8-20)32-27(34)19(2)37-26-14-11-22(29)17-24(26)30/h4-14,17-19,25H,3,15-16H2,1-2H3,(H,32,34)(H,33,35)/b31-18-/t19-,25+/m1/s1. The summed E-state index contributed by atoms with van der Waals surface area (Å²) in [7, 11) is 0. The smallest absolute Gasteiger partial charge is 0.262 e. The molecule has 0 aliphatic carbocycles. The molecule has 0 radical (unpaired) electrons. The summed E-state index contributed by atoms with van der Waals surface area (Å²) in [6, 6.07) is 20.6. The number of hydrazone groups is 1. The fraction of sp³-hybridized carbons (Fsp3) is 0.250. The first-order valence-electron chi connectivity index (χ1n) is 11.9. The monoisotopic (exact) mass is 541 g/mol. The van der Waals surface area contributed by atoms with Crippen LogP contribution in [0.5, 0.6) is 11.5 Å². The van der Waals surface area contributed by atoms with Gasteiger partial charge in [-0.3, -0.25) is 9.59 Å². The highest BCUT2D eigenvalue weighted by atomic mass is 35.5. The average Bonchev–Trinajstić information content (AvgIpc) is 2.89. The van der Waals surface area contributed by atoms with Gasteiger partial charge in [0.25, 0.3) is 11.8 Å². The van der Waals surface area contributed by atoms with E-state index in [-0.39, 0.29) is 11.4 Å². The molecule has 37 heavy (non-hydrogen) atoms. The van der Waals surface area contributed by atoms with Gasteiger partial charge in [0, 0.05) is 11.4 Å². The minimum atomic E-state index is -0.915. The Balaban J connectivity index is 1.64. The second kappa shape index (κ2) is 14.3. The zero-order valence-corrected chi connectivity index (χ0v) is 22.1. The fourth-order valence-electron chi connectivity index (χ4n) is 3.28. The molecule has 3 rings (SSSR count). The van der Waals surface area contributed by atoms with Gasteiger partial charge >= 0.3 is 0 Å². The molecule has 2 atom stereocenters. The predicted octanol–water partition coefficient (Wildman–Crippen LogP) is 5.43. The van der Waals surface area contributed by atoms with Crippen LogP contribution >= 0.6 is 23.2 Å². The van der Waals surface area contributed by atoms with E-state index >= 15 is 0 Å². The van der Waals surface area contributed by atoms with Gasteiger partial charge < -0.3 is 14.8 Å². The Labute approximate surface area is 226 Å². The third-order valence-corrected chi connectivity index (χ3v) is 5.75. The van der Waals surface area contributed by atoms with Crippen LogP contribution in [-0.4, -0.2) is 36.8 Å². The fourth-order valence-corrected chi connectivity index (χ4v) is 3.73. The van der Waals surface area contributed by atoms with Crippen LogP contribution < -0.4 is 20.2 Å². The number of nitrogens with one attached hydrogen (secondary N) is 2. The van der Waals surface area contributed by atoms with Crippen molar-refractivity contribution in [3.8, 4) is 11.5 Å². The highest BCUT2D eigenvalue weighted by Gasteiger charge is 2.25. The average molecular weight is 542 g/mol. The molecular formula is C28H29Cl2N3O4. The third kappa shape index (κ3) is 9.12. The lowest BCUT2D eigenvalue weighted by Gasteiger charge is -2.21. The van der Waals surface area contributed by atoms with Crippen LogP contribution in [0.15, 0.2) is 77.9 Å². The van der Waals surface area contributed by atoms with Crippen molar-refractivity contribution in [3.05, 3.63) is 94.0 Å². The lowest BCUT2D eigenvalue weighted by Crippen LogP contribution is -2.50. The molecule has 0 aromatic heterocycles. The minimum absolute atomic E-state index is 0.270. The third-order valence-electron chi connectivity index (χ3n) is 5.22. The normalized spacial score (nSPS) is 12.5. The van der Waals surface area contributed by atoms with E-state index in [0.717, 1.165) is 23.3 Å². The van der Waals surface area contributed by atoms with Gasteiger partial charge in [0.15, 0.2) is 6.10 Å². The van der Waals surface area contributed by atoms with Gasteiger partial charge in [0.1, 0.15) is 17.5 Å². The molecular weight excluding hydrogens is 513 g/mol. The van der Waals surface area contributed by atoms with Crippen LogP contribution in [0.4, 0.5) is 0 Å². The minimum Gasteiger partial charge on any atom is -0.494 e. The van der Waals surface area contributed by atoms with E-state index in [1.807, 2.05) is 61.5 Å². The van der Waals surface area contributed by atoms with Crippen molar-refractivity contribution >= 4 is 41.2 Å². The van der Waals surface area contributed by atoms with Gasteiger partial charge in [-0.15, -0.1) is 0 Å². The first-order chi connectivity index (χ1) is 17.9.